The van der Waals surface area contributed by atoms with Crippen LogP contribution in [0.15, 0.2) is 89.9 Å². The second kappa shape index (κ2) is 9.56. The highest BCUT2D eigenvalue weighted by Crippen LogP contribution is 2.15. The summed E-state index contributed by atoms with van der Waals surface area (Å²) in [6, 6.07) is 23.9. The Morgan fingerprint density at radius 1 is 1.00 bits per heavy atom. The first-order valence-electron chi connectivity index (χ1n) is 11.2. The second-order valence-electron chi connectivity index (χ2n) is 8.15. The van der Waals surface area contributed by atoms with E-state index in [1.165, 1.54) is 10.5 Å². The lowest BCUT2D eigenvalue weighted by atomic mass is 10.1. The van der Waals surface area contributed by atoms with Gasteiger partial charge in [-0.1, -0.05) is 66.2 Å². The third-order valence-corrected chi connectivity index (χ3v) is 6.30. The summed E-state index contributed by atoms with van der Waals surface area (Å²) in [7, 11) is 0. The first-order valence-corrected chi connectivity index (χ1v) is 11.6. The molecule has 8 heteroatoms. The van der Waals surface area contributed by atoms with E-state index < -0.39 is 5.91 Å². The Morgan fingerprint density at radius 2 is 1.74 bits per heavy atom. The number of amides is 1. The van der Waals surface area contributed by atoms with Crippen LogP contribution >= 0.6 is 11.6 Å². The highest BCUT2D eigenvalue weighted by molar-refractivity contribution is 6.31. The van der Waals surface area contributed by atoms with Gasteiger partial charge in [0.1, 0.15) is 16.8 Å². The number of halogens is 1. The third kappa shape index (κ3) is 4.46. The topological polar surface area (TPSA) is 92.2 Å². The van der Waals surface area contributed by atoms with E-state index in [4.69, 9.17) is 17.0 Å². The Hall–Kier alpha value is -4.23. The zero-order valence-corrected chi connectivity index (χ0v) is 19.5. The molecule has 0 atom stereocenters. The van der Waals surface area contributed by atoms with E-state index in [0.29, 0.717) is 29.3 Å². The molecular formula is C27H22ClN5O2. The lowest BCUT2D eigenvalue weighted by molar-refractivity contribution is 0.0948. The van der Waals surface area contributed by atoms with Gasteiger partial charge in [-0.2, -0.15) is 0 Å². The average Bonchev–Trinajstić information content (AvgIpc) is 2.88. The predicted octanol–water partition coefficient (Wildman–Crippen LogP) is 3.95. The molecule has 2 aromatic carbocycles. The van der Waals surface area contributed by atoms with Gasteiger partial charge in [-0.05, 0) is 41.8 Å². The van der Waals surface area contributed by atoms with Crippen LogP contribution in [0.1, 0.15) is 21.5 Å². The van der Waals surface area contributed by atoms with Crippen molar-refractivity contribution < 1.29 is 4.79 Å². The van der Waals surface area contributed by atoms with E-state index in [0.717, 1.165) is 11.1 Å². The molecule has 0 saturated heterocycles. The minimum atomic E-state index is -0.456. The smallest absolute Gasteiger partial charge is 0.267 e. The summed E-state index contributed by atoms with van der Waals surface area (Å²) >= 11 is 6.22. The molecular weight excluding hydrogens is 462 g/mol. The molecule has 1 amide bonds. The Kier molecular flexibility index (Phi) is 6.16. The number of benzene rings is 2. The zero-order chi connectivity index (χ0) is 24.4. The van der Waals surface area contributed by atoms with E-state index in [1.54, 1.807) is 35.0 Å². The highest BCUT2D eigenvalue weighted by atomic mass is 35.5. The van der Waals surface area contributed by atoms with Crippen LogP contribution in [0.25, 0.3) is 16.7 Å². The number of aromatic nitrogens is 3. The molecule has 0 spiro atoms. The predicted molar refractivity (Wildman–Crippen MR) is 136 cm³/mol. The summed E-state index contributed by atoms with van der Waals surface area (Å²) in [5, 5.41) is 12.5. The maximum absolute atomic E-state index is 13.3. The van der Waals surface area contributed by atoms with E-state index in [-0.39, 0.29) is 28.5 Å². The molecule has 2 N–H and O–H groups in total. The van der Waals surface area contributed by atoms with Crippen molar-refractivity contribution in [1.29, 1.82) is 5.41 Å². The maximum Gasteiger partial charge on any atom is 0.267 e. The summed E-state index contributed by atoms with van der Waals surface area (Å²) in [6.45, 7) is 0.593. The zero-order valence-electron chi connectivity index (χ0n) is 18.7. The number of hydrogen-bond acceptors (Lipinski definition) is 4. The van der Waals surface area contributed by atoms with Crippen molar-refractivity contribution in [3.63, 3.8) is 0 Å². The minimum Gasteiger partial charge on any atom is -0.348 e. The minimum absolute atomic E-state index is 0.00253. The van der Waals surface area contributed by atoms with Gasteiger partial charge in [0.25, 0.3) is 11.5 Å². The van der Waals surface area contributed by atoms with Crippen LogP contribution in [0.5, 0.6) is 0 Å². The normalized spacial score (nSPS) is 11.1. The molecule has 0 bridgehead atoms. The SMILES string of the molecule is N=c1c(C(=O)NCc2ccccc2Cl)cc2c(=O)n3ccccc3nc2n1CCc1ccccc1. The van der Waals surface area contributed by atoms with Crippen molar-refractivity contribution in [3.05, 3.63) is 123 Å². The van der Waals surface area contributed by atoms with Crippen molar-refractivity contribution in [1.82, 2.24) is 19.3 Å². The highest BCUT2D eigenvalue weighted by Gasteiger charge is 2.18. The number of rotatable bonds is 6. The lowest BCUT2D eigenvalue weighted by Crippen LogP contribution is -2.35. The summed E-state index contributed by atoms with van der Waals surface area (Å²) in [4.78, 5) is 31.2. The fraction of sp³-hybridized carbons (Fsp3) is 0.111. The summed E-state index contributed by atoms with van der Waals surface area (Å²) in [5.41, 5.74) is 2.51. The van der Waals surface area contributed by atoms with Crippen molar-refractivity contribution in [2.45, 2.75) is 19.5 Å². The van der Waals surface area contributed by atoms with Crippen molar-refractivity contribution in [3.8, 4) is 0 Å². The Labute approximate surface area is 205 Å². The van der Waals surface area contributed by atoms with Gasteiger partial charge in [0, 0.05) is 24.3 Å². The lowest BCUT2D eigenvalue weighted by Gasteiger charge is -2.15. The van der Waals surface area contributed by atoms with Crippen molar-refractivity contribution in [2.24, 2.45) is 0 Å². The van der Waals surface area contributed by atoms with Gasteiger partial charge >= 0.3 is 0 Å². The molecule has 0 radical (unpaired) electrons. The maximum atomic E-state index is 13.3. The van der Waals surface area contributed by atoms with Crippen LogP contribution in [-0.2, 0) is 19.5 Å². The molecule has 0 unspecified atom stereocenters. The van der Waals surface area contributed by atoms with E-state index in [1.807, 2.05) is 48.5 Å². The molecule has 5 rings (SSSR count). The molecule has 3 heterocycles. The van der Waals surface area contributed by atoms with Crippen LogP contribution in [0.2, 0.25) is 5.02 Å². The first kappa shape index (κ1) is 22.6. The standard InChI is InChI=1S/C27H22ClN5O2/c28-22-11-5-4-10-19(22)17-30-26(34)20-16-21-25(31-23-12-6-7-14-32(23)27(21)35)33(24(20)29)15-13-18-8-2-1-3-9-18/h1-12,14,16,29H,13,15,17H2,(H,30,34). The van der Waals surface area contributed by atoms with Gasteiger partial charge < -0.3 is 9.88 Å². The molecule has 7 nitrogen and oxygen atoms in total. The summed E-state index contributed by atoms with van der Waals surface area (Å²) < 4.78 is 3.08. The fourth-order valence-electron chi connectivity index (χ4n) is 4.08. The molecule has 174 valence electrons. The number of hydrogen-bond donors (Lipinski definition) is 2. The molecule has 5 aromatic rings. The van der Waals surface area contributed by atoms with Crippen LogP contribution in [0, 0.1) is 5.41 Å². The molecule has 0 aliphatic carbocycles. The van der Waals surface area contributed by atoms with E-state index in [2.05, 4.69) is 10.3 Å². The Morgan fingerprint density at radius 3 is 2.54 bits per heavy atom. The average molecular weight is 484 g/mol. The van der Waals surface area contributed by atoms with Gasteiger partial charge in [0.2, 0.25) is 0 Å². The number of nitrogens with zero attached hydrogens (tertiary/aromatic N) is 3. The third-order valence-electron chi connectivity index (χ3n) is 5.93. The monoisotopic (exact) mass is 483 g/mol. The number of aryl methyl sites for hydroxylation is 2. The van der Waals surface area contributed by atoms with Gasteiger partial charge in [-0.25, -0.2) is 4.98 Å². The second-order valence-corrected chi connectivity index (χ2v) is 8.56. The fourth-order valence-corrected chi connectivity index (χ4v) is 4.28. The van der Waals surface area contributed by atoms with Crippen molar-refractivity contribution in [2.75, 3.05) is 0 Å². The number of nitrogens with one attached hydrogen (secondary N) is 2. The number of fused-ring (bicyclic) bond motifs is 2. The molecule has 0 fully saturated rings. The Bertz CT molecular complexity index is 1680. The van der Waals surface area contributed by atoms with Gasteiger partial charge in [0.15, 0.2) is 0 Å². The van der Waals surface area contributed by atoms with Gasteiger partial charge in [0.05, 0.1) is 10.9 Å². The number of carbonyl (C=O) groups excluding carboxylic acids is 1. The summed E-state index contributed by atoms with van der Waals surface area (Å²) in [6.07, 6.45) is 2.26. The quantitative estimate of drug-likeness (QED) is 0.358. The van der Waals surface area contributed by atoms with Crippen LogP contribution in [0.3, 0.4) is 0 Å². The Balaban J connectivity index is 1.61. The number of pyridine rings is 2. The van der Waals surface area contributed by atoms with Crippen LogP contribution in [-0.4, -0.2) is 19.9 Å². The molecule has 35 heavy (non-hydrogen) atoms. The number of carbonyl (C=O) groups is 1. The molecule has 0 saturated carbocycles. The van der Waals surface area contributed by atoms with E-state index >= 15 is 0 Å². The summed E-state index contributed by atoms with van der Waals surface area (Å²) in [5.74, 6) is -0.456. The van der Waals surface area contributed by atoms with Crippen LogP contribution < -0.4 is 16.4 Å². The largest absolute Gasteiger partial charge is 0.348 e. The molecule has 0 aliphatic heterocycles. The van der Waals surface area contributed by atoms with Gasteiger partial charge in [-0.3, -0.25) is 19.4 Å². The molecule has 3 aromatic heterocycles. The molecule has 0 aliphatic rings. The van der Waals surface area contributed by atoms with Crippen molar-refractivity contribution >= 4 is 34.2 Å². The van der Waals surface area contributed by atoms with E-state index in [9.17, 15) is 9.59 Å². The van der Waals surface area contributed by atoms with Gasteiger partial charge in [-0.15, -0.1) is 0 Å². The van der Waals surface area contributed by atoms with Crippen LogP contribution in [0.4, 0.5) is 0 Å². The first-order chi connectivity index (χ1) is 17.0.